The largest absolute Gasteiger partial charge is 0.0991 e. The summed E-state index contributed by atoms with van der Waals surface area (Å²) in [4.78, 5) is 0. The van der Waals surface area contributed by atoms with Gasteiger partial charge < -0.3 is 0 Å². The van der Waals surface area contributed by atoms with Crippen molar-refractivity contribution in [2.45, 2.75) is 27.2 Å². The van der Waals surface area contributed by atoms with E-state index in [-0.39, 0.29) is 0 Å². The predicted octanol–water partition coefficient (Wildman–Crippen LogP) is 5.03. The first-order valence-corrected chi connectivity index (χ1v) is 5.85. The maximum atomic E-state index is 3.98. The molecule has 0 fully saturated rings. The lowest BCUT2D eigenvalue weighted by Crippen LogP contribution is -1.82. The van der Waals surface area contributed by atoms with Crippen LogP contribution in [0.15, 0.2) is 55.7 Å². The fraction of sp³-hybridized carbons (Fsp3) is 0.250. The van der Waals surface area contributed by atoms with Gasteiger partial charge in [-0.1, -0.05) is 76.4 Å². The molecule has 0 heteroatoms. The van der Waals surface area contributed by atoms with Crippen molar-refractivity contribution in [3.8, 4) is 0 Å². The highest BCUT2D eigenvalue weighted by atomic mass is 14.0. The summed E-state index contributed by atoms with van der Waals surface area (Å²) >= 11 is 0. The Morgan fingerprint density at radius 3 is 2.19 bits per heavy atom. The summed E-state index contributed by atoms with van der Waals surface area (Å²) < 4.78 is 0. The molecule has 0 amide bonds. The van der Waals surface area contributed by atoms with Crippen LogP contribution in [-0.4, -0.2) is 0 Å². The second-order valence-corrected chi connectivity index (χ2v) is 3.17. The summed E-state index contributed by atoms with van der Waals surface area (Å²) in [6.45, 7) is 13.8. The molecule has 0 aromatic heterocycles. The molecule has 0 aliphatic heterocycles. The van der Waals surface area contributed by atoms with Crippen LogP contribution in [0.1, 0.15) is 31.9 Å². The van der Waals surface area contributed by atoms with Crippen molar-refractivity contribution >= 4 is 5.57 Å². The van der Waals surface area contributed by atoms with E-state index in [2.05, 4.69) is 44.3 Å². The predicted molar refractivity (Wildman–Crippen MR) is 75.5 cm³/mol. The molecule has 0 unspecified atom stereocenters. The van der Waals surface area contributed by atoms with Crippen molar-refractivity contribution in [3.63, 3.8) is 0 Å². The Labute approximate surface area is 100 Å². The quantitative estimate of drug-likeness (QED) is 0.617. The minimum Gasteiger partial charge on any atom is -0.0991 e. The molecular weight excluding hydrogens is 192 g/mol. The Kier molecular flexibility index (Phi) is 7.87. The zero-order chi connectivity index (χ0) is 12.4. The van der Waals surface area contributed by atoms with E-state index in [1.54, 1.807) is 6.08 Å². The summed E-state index contributed by atoms with van der Waals surface area (Å²) in [5.41, 5.74) is 3.54. The second kappa shape index (κ2) is 8.72. The first-order valence-electron chi connectivity index (χ1n) is 5.85. The van der Waals surface area contributed by atoms with Crippen molar-refractivity contribution in [2.75, 3.05) is 0 Å². The third kappa shape index (κ3) is 4.79. The zero-order valence-electron chi connectivity index (χ0n) is 10.7. The Morgan fingerprint density at radius 1 is 1.19 bits per heavy atom. The van der Waals surface area contributed by atoms with Crippen molar-refractivity contribution in [2.24, 2.45) is 0 Å². The van der Waals surface area contributed by atoms with Crippen LogP contribution in [0.2, 0.25) is 0 Å². The van der Waals surface area contributed by atoms with Crippen molar-refractivity contribution < 1.29 is 0 Å². The molecule has 0 heterocycles. The van der Waals surface area contributed by atoms with Gasteiger partial charge in [0, 0.05) is 0 Å². The molecule has 0 radical (unpaired) electrons. The zero-order valence-corrected chi connectivity index (χ0v) is 10.7. The van der Waals surface area contributed by atoms with Gasteiger partial charge in [0.15, 0.2) is 0 Å². The van der Waals surface area contributed by atoms with E-state index in [0.29, 0.717) is 0 Å². The SMILES string of the molecule is C=C/C=C\C(=C)c1ccc(CC)cc1.CC. The van der Waals surface area contributed by atoms with E-state index >= 15 is 0 Å². The van der Waals surface area contributed by atoms with E-state index in [1.807, 2.05) is 26.0 Å². The molecule has 0 saturated heterocycles. The highest BCUT2D eigenvalue weighted by Gasteiger charge is 1.94. The molecule has 0 aliphatic rings. The molecule has 0 N–H and O–H groups in total. The van der Waals surface area contributed by atoms with Crippen molar-refractivity contribution in [1.82, 2.24) is 0 Å². The highest BCUT2D eigenvalue weighted by molar-refractivity contribution is 5.72. The smallest absolute Gasteiger partial charge is 0.0190 e. The fourth-order valence-electron chi connectivity index (χ4n) is 1.23. The van der Waals surface area contributed by atoms with Crippen LogP contribution in [0.3, 0.4) is 0 Å². The summed E-state index contributed by atoms with van der Waals surface area (Å²) in [6, 6.07) is 8.49. The molecule has 0 nitrogen and oxygen atoms in total. The monoisotopic (exact) mass is 214 g/mol. The van der Waals surface area contributed by atoms with E-state index < -0.39 is 0 Å². The lowest BCUT2D eigenvalue weighted by atomic mass is 10.0. The summed E-state index contributed by atoms with van der Waals surface area (Å²) in [7, 11) is 0. The Hall–Kier alpha value is -1.56. The van der Waals surface area contributed by atoms with Crippen molar-refractivity contribution in [3.05, 3.63) is 66.8 Å². The lowest BCUT2D eigenvalue weighted by molar-refractivity contribution is 1.14. The first-order chi connectivity index (χ1) is 7.77. The molecule has 0 aliphatic carbocycles. The summed E-state index contributed by atoms with van der Waals surface area (Å²) in [5, 5.41) is 0. The maximum absolute atomic E-state index is 3.98. The molecule has 1 rings (SSSR count). The number of hydrogen-bond donors (Lipinski definition) is 0. The second-order valence-electron chi connectivity index (χ2n) is 3.17. The molecule has 0 saturated carbocycles. The van der Waals surface area contributed by atoms with Gasteiger partial charge in [-0.3, -0.25) is 0 Å². The number of hydrogen-bond acceptors (Lipinski definition) is 0. The van der Waals surface area contributed by atoms with Gasteiger partial charge in [-0.2, -0.15) is 0 Å². The highest BCUT2D eigenvalue weighted by Crippen LogP contribution is 2.14. The van der Waals surface area contributed by atoms with Crippen molar-refractivity contribution in [1.29, 1.82) is 0 Å². The molecule has 1 aromatic rings. The molecule has 0 atom stereocenters. The number of allylic oxidation sites excluding steroid dienone is 4. The van der Waals surface area contributed by atoms with Gasteiger partial charge in [-0.05, 0) is 23.1 Å². The summed E-state index contributed by atoms with van der Waals surface area (Å²) in [6.07, 6.45) is 6.70. The molecule has 86 valence electrons. The van der Waals surface area contributed by atoms with E-state index in [9.17, 15) is 0 Å². The minimum atomic E-state index is 1.02. The number of rotatable bonds is 4. The first kappa shape index (κ1) is 14.4. The Balaban J connectivity index is 0.00000106. The number of aryl methyl sites for hydroxylation is 1. The van der Waals surface area contributed by atoms with Crippen LogP contribution >= 0.6 is 0 Å². The molecule has 0 spiro atoms. The average Bonchev–Trinajstić information content (AvgIpc) is 2.38. The lowest BCUT2D eigenvalue weighted by Gasteiger charge is -2.01. The fourth-order valence-corrected chi connectivity index (χ4v) is 1.23. The third-order valence-electron chi connectivity index (χ3n) is 2.17. The average molecular weight is 214 g/mol. The van der Waals surface area contributed by atoms with Gasteiger partial charge in [0.25, 0.3) is 0 Å². The van der Waals surface area contributed by atoms with E-state index in [0.717, 1.165) is 12.0 Å². The van der Waals surface area contributed by atoms with Crippen LogP contribution in [0.25, 0.3) is 5.57 Å². The normalized spacial score (nSPS) is 9.44. The maximum Gasteiger partial charge on any atom is -0.0190 e. The molecule has 1 aromatic carbocycles. The minimum absolute atomic E-state index is 1.02. The van der Waals surface area contributed by atoms with Gasteiger partial charge >= 0.3 is 0 Å². The van der Waals surface area contributed by atoms with Gasteiger partial charge in [0.1, 0.15) is 0 Å². The van der Waals surface area contributed by atoms with Crippen LogP contribution in [0, 0.1) is 0 Å². The third-order valence-corrected chi connectivity index (χ3v) is 2.17. The molecule has 16 heavy (non-hydrogen) atoms. The standard InChI is InChI=1S/C14H16.C2H6/c1-4-6-7-12(3)14-10-8-13(5-2)9-11-14;1-2/h4,6-11H,1,3,5H2,2H3;1-2H3/b7-6-;. The van der Waals surface area contributed by atoms with Gasteiger partial charge in [-0.15, -0.1) is 0 Å². The van der Waals surface area contributed by atoms with Crippen LogP contribution in [0.5, 0.6) is 0 Å². The van der Waals surface area contributed by atoms with E-state index in [4.69, 9.17) is 0 Å². The Morgan fingerprint density at radius 2 is 1.75 bits per heavy atom. The summed E-state index contributed by atoms with van der Waals surface area (Å²) in [5.74, 6) is 0. The van der Waals surface area contributed by atoms with Crippen LogP contribution in [0.4, 0.5) is 0 Å². The number of benzene rings is 1. The Bertz CT molecular complexity index is 339. The van der Waals surface area contributed by atoms with Gasteiger partial charge in [0.05, 0.1) is 0 Å². The van der Waals surface area contributed by atoms with E-state index in [1.165, 1.54) is 11.1 Å². The van der Waals surface area contributed by atoms with Gasteiger partial charge in [-0.25, -0.2) is 0 Å². The topological polar surface area (TPSA) is 0 Å². The molecular formula is C16H22. The van der Waals surface area contributed by atoms with Crippen LogP contribution < -0.4 is 0 Å². The molecule has 0 bridgehead atoms. The van der Waals surface area contributed by atoms with Gasteiger partial charge in [0.2, 0.25) is 0 Å². The van der Waals surface area contributed by atoms with Crippen LogP contribution in [-0.2, 0) is 6.42 Å².